The van der Waals surface area contributed by atoms with E-state index in [0.717, 1.165) is 4.68 Å². The summed E-state index contributed by atoms with van der Waals surface area (Å²) in [6.07, 6.45) is 0. The van der Waals surface area contributed by atoms with Crippen LogP contribution >= 0.6 is 0 Å². The minimum Gasteiger partial charge on any atom is -0.461 e. The zero-order valence-corrected chi connectivity index (χ0v) is 17.6. The first-order chi connectivity index (χ1) is 15.2. The van der Waals surface area contributed by atoms with Crippen molar-refractivity contribution in [2.45, 2.75) is 27.3 Å². The molecule has 0 amide bonds. The van der Waals surface area contributed by atoms with Crippen LogP contribution in [0.1, 0.15) is 39.0 Å². The SMILES string of the molecule is CCOC(=O)c1[nH]c(C)c(C(=O)COC(=O)Cn2nc(-c3ccc(F)cc3)oc2=O)c1C. The first-order valence-corrected chi connectivity index (χ1v) is 9.60. The van der Waals surface area contributed by atoms with Crippen LogP contribution in [-0.2, 0) is 20.8 Å². The zero-order chi connectivity index (χ0) is 23.4. The van der Waals surface area contributed by atoms with E-state index in [1.807, 2.05) is 0 Å². The van der Waals surface area contributed by atoms with Crippen molar-refractivity contribution >= 4 is 17.7 Å². The number of hydrogen-bond donors (Lipinski definition) is 1. The summed E-state index contributed by atoms with van der Waals surface area (Å²) in [6, 6.07) is 5.08. The van der Waals surface area contributed by atoms with Crippen molar-refractivity contribution in [1.29, 1.82) is 0 Å². The number of hydrogen-bond acceptors (Lipinski definition) is 8. The molecule has 1 aromatic carbocycles. The van der Waals surface area contributed by atoms with Gasteiger partial charge in [0.1, 0.15) is 18.1 Å². The van der Waals surface area contributed by atoms with Gasteiger partial charge in [0.25, 0.3) is 0 Å². The Bertz CT molecular complexity index is 1220. The molecule has 0 atom stereocenters. The van der Waals surface area contributed by atoms with Crippen molar-refractivity contribution in [3.63, 3.8) is 0 Å². The second-order valence-corrected chi connectivity index (χ2v) is 6.77. The molecule has 2 heterocycles. The number of aryl methyl sites for hydroxylation is 1. The van der Waals surface area contributed by atoms with Crippen LogP contribution in [0.5, 0.6) is 0 Å². The first kappa shape index (κ1) is 22.7. The summed E-state index contributed by atoms with van der Waals surface area (Å²) >= 11 is 0. The molecule has 168 valence electrons. The molecule has 10 nitrogen and oxygen atoms in total. The number of Topliss-reactive ketones (excluding diaryl/α,β-unsaturated/α-hetero) is 1. The minimum absolute atomic E-state index is 0.0936. The summed E-state index contributed by atoms with van der Waals surface area (Å²) in [7, 11) is 0. The highest BCUT2D eigenvalue weighted by atomic mass is 19.1. The fraction of sp³-hybridized carbons (Fsp3) is 0.286. The van der Waals surface area contributed by atoms with E-state index >= 15 is 0 Å². The maximum Gasteiger partial charge on any atom is 0.437 e. The molecular formula is C21H20FN3O7. The highest BCUT2D eigenvalue weighted by molar-refractivity contribution is 6.03. The van der Waals surface area contributed by atoms with Crippen molar-refractivity contribution < 1.29 is 32.7 Å². The molecule has 0 saturated heterocycles. The highest BCUT2D eigenvalue weighted by Crippen LogP contribution is 2.20. The van der Waals surface area contributed by atoms with Gasteiger partial charge in [-0.05, 0) is 50.6 Å². The lowest BCUT2D eigenvalue weighted by atomic mass is 10.1. The van der Waals surface area contributed by atoms with Gasteiger partial charge in [0.15, 0.2) is 6.61 Å². The number of ether oxygens (including phenoxy) is 2. The Morgan fingerprint density at radius 3 is 2.50 bits per heavy atom. The van der Waals surface area contributed by atoms with E-state index in [2.05, 4.69) is 10.1 Å². The van der Waals surface area contributed by atoms with E-state index in [-0.39, 0.29) is 23.8 Å². The van der Waals surface area contributed by atoms with Crippen molar-refractivity contribution in [2.75, 3.05) is 13.2 Å². The summed E-state index contributed by atoms with van der Waals surface area (Å²) in [4.78, 5) is 51.3. The molecule has 32 heavy (non-hydrogen) atoms. The molecule has 3 aromatic rings. The number of H-pyrrole nitrogens is 1. The molecule has 2 aromatic heterocycles. The van der Waals surface area contributed by atoms with Crippen LogP contribution in [0.15, 0.2) is 33.5 Å². The van der Waals surface area contributed by atoms with Crippen LogP contribution in [0.25, 0.3) is 11.5 Å². The normalized spacial score (nSPS) is 10.8. The molecule has 0 spiro atoms. The average molecular weight is 445 g/mol. The molecule has 3 rings (SSSR count). The van der Waals surface area contributed by atoms with Crippen molar-refractivity contribution in [3.8, 4) is 11.5 Å². The second-order valence-electron chi connectivity index (χ2n) is 6.77. The van der Waals surface area contributed by atoms with Crippen molar-refractivity contribution in [3.05, 3.63) is 63.1 Å². The Labute approximate surface area is 180 Å². The molecule has 0 aliphatic rings. The Morgan fingerprint density at radius 1 is 1.16 bits per heavy atom. The second kappa shape index (κ2) is 9.41. The first-order valence-electron chi connectivity index (χ1n) is 9.60. The molecular weight excluding hydrogens is 425 g/mol. The predicted octanol–water partition coefficient (Wildman–Crippen LogP) is 2.19. The molecule has 11 heteroatoms. The van der Waals surface area contributed by atoms with Gasteiger partial charge < -0.3 is 18.9 Å². The lowest BCUT2D eigenvalue weighted by molar-refractivity contribution is -0.143. The molecule has 0 aliphatic heterocycles. The zero-order valence-electron chi connectivity index (χ0n) is 17.6. The van der Waals surface area contributed by atoms with Gasteiger partial charge in [-0.15, -0.1) is 5.10 Å². The van der Waals surface area contributed by atoms with E-state index in [4.69, 9.17) is 13.9 Å². The van der Waals surface area contributed by atoms with E-state index in [1.165, 1.54) is 24.3 Å². The number of nitrogens with zero attached hydrogens (tertiary/aromatic N) is 2. The fourth-order valence-corrected chi connectivity index (χ4v) is 3.08. The Balaban J connectivity index is 1.64. The number of esters is 2. The van der Waals surface area contributed by atoms with Crippen LogP contribution in [0.4, 0.5) is 4.39 Å². The van der Waals surface area contributed by atoms with Gasteiger partial charge in [-0.2, -0.15) is 4.68 Å². The Kier molecular flexibility index (Phi) is 6.67. The molecule has 0 saturated carbocycles. The number of benzene rings is 1. The van der Waals surface area contributed by atoms with Gasteiger partial charge in [-0.3, -0.25) is 9.59 Å². The summed E-state index contributed by atoms with van der Waals surface area (Å²) in [5.74, 6) is -3.49. The molecule has 0 bridgehead atoms. The lowest BCUT2D eigenvalue weighted by Crippen LogP contribution is -2.25. The number of aromatic nitrogens is 3. The van der Waals surface area contributed by atoms with Crippen molar-refractivity contribution in [1.82, 2.24) is 14.8 Å². The molecule has 0 aliphatic carbocycles. The monoisotopic (exact) mass is 445 g/mol. The minimum atomic E-state index is -0.913. The molecule has 1 N–H and O–H groups in total. The van der Waals surface area contributed by atoms with Crippen LogP contribution in [0, 0.1) is 19.7 Å². The molecule has 0 radical (unpaired) electrons. The molecule has 0 fully saturated rings. The summed E-state index contributed by atoms with van der Waals surface area (Å²) in [5.41, 5.74) is 1.54. The topological polar surface area (TPSA) is 133 Å². The number of aromatic amines is 1. The van der Waals surface area contributed by atoms with E-state index in [0.29, 0.717) is 16.8 Å². The number of nitrogens with one attached hydrogen (secondary N) is 1. The highest BCUT2D eigenvalue weighted by Gasteiger charge is 2.24. The van der Waals surface area contributed by atoms with Gasteiger partial charge in [0.2, 0.25) is 11.7 Å². The summed E-state index contributed by atoms with van der Waals surface area (Å²) < 4.78 is 28.6. The maximum atomic E-state index is 13.0. The van der Waals surface area contributed by atoms with Crippen LogP contribution in [0.2, 0.25) is 0 Å². The van der Waals surface area contributed by atoms with Crippen LogP contribution in [0.3, 0.4) is 0 Å². The number of ketones is 1. The average Bonchev–Trinajstić information content (AvgIpc) is 3.26. The van der Waals surface area contributed by atoms with Crippen molar-refractivity contribution in [2.24, 2.45) is 0 Å². The third-order valence-electron chi connectivity index (χ3n) is 4.54. The fourth-order valence-electron chi connectivity index (χ4n) is 3.08. The predicted molar refractivity (Wildman–Crippen MR) is 108 cm³/mol. The van der Waals surface area contributed by atoms with Gasteiger partial charge >= 0.3 is 17.7 Å². The smallest absolute Gasteiger partial charge is 0.437 e. The van der Waals surface area contributed by atoms with Gasteiger partial charge in [-0.25, -0.2) is 14.0 Å². The van der Waals surface area contributed by atoms with Crippen LogP contribution in [-0.4, -0.2) is 45.7 Å². The van der Waals surface area contributed by atoms with E-state index in [9.17, 15) is 23.6 Å². The van der Waals surface area contributed by atoms with Gasteiger partial charge in [0, 0.05) is 16.8 Å². The Hall–Kier alpha value is -4.02. The largest absolute Gasteiger partial charge is 0.461 e. The number of halogens is 1. The maximum absolute atomic E-state index is 13.0. The molecule has 0 unspecified atom stereocenters. The Morgan fingerprint density at radius 2 is 1.84 bits per heavy atom. The number of carbonyl (C=O) groups excluding carboxylic acids is 3. The van der Waals surface area contributed by atoms with Gasteiger partial charge in [-0.1, -0.05) is 0 Å². The quantitative estimate of drug-likeness (QED) is 0.412. The lowest BCUT2D eigenvalue weighted by Gasteiger charge is -2.05. The van der Waals surface area contributed by atoms with Crippen LogP contribution < -0.4 is 5.76 Å². The van der Waals surface area contributed by atoms with E-state index < -0.39 is 42.4 Å². The van der Waals surface area contributed by atoms with E-state index in [1.54, 1.807) is 20.8 Å². The third-order valence-corrected chi connectivity index (χ3v) is 4.54. The van der Waals surface area contributed by atoms with Gasteiger partial charge in [0.05, 0.1) is 6.61 Å². The standard InChI is InChI=1S/C21H20FN3O7/c1-4-30-20(28)18-11(2)17(12(3)23-18)15(26)10-31-16(27)9-25-21(29)32-19(24-25)13-5-7-14(22)8-6-13/h5-8,23H,4,9-10H2,1-3H3. The summed E-state index contributed by atoms with van der Waals surface area (Å²) in [6.45, 7) is 3.85. The summed E-state index contributed by atoms with van der Waals surface area (Å²) in [5, 5.41) is 3.88. The third kappa shape index (κ3) is 4.82. The number of carbonyl (C=O) groups is 3. The number of rotatable bonds is 8.